The minimum absolute atomic E-state index is 0.0950. The van der Waals surface area contributed by atoms with E-state index in [2.05, 4.69) is 0 Å². The third-order valence-electron chi connectivity index (χ3n) is 6.01. The van der Waals surface area contributed by atoms with Crippen LogP contribution >= 0.6 is 7.66 Å². The van der Waals surface area contributed by atoms with Crippen molar-refractivity contribution >= 4 is 7.66 Å². The number of hydrogen-bond acceptors (Lipinski definition) is 3. The normalized spacial score (nSPS) is 50.8. The second kappa shape index (κ2) is 4.07. The zero-order valence-corrected chi connectivity index (χ0v) is 12.5. The van der Waals surface area contributed by atoms with E-state index in [1.165, 1.54) is 25.7 Å². The van der Waals surface area contributed by atoms with Crippen molar-refractivity contribution in [2.75, 3.05) is 0 Å². The molecule has 0 aromatic rings. The monoisotopic (exact) mass is 284 g/mol. The summed E-state index contributed by atoms with van der Waals surface area (Å²) in [6.45, 7) is 0. The van der Waals surface area contributed by atoms with Gasteiger partial charge in [0.05, 0.1) is 11.2 Å². The molecule has 5 heteroatoms. The summed E-state index contributed by atoms with van der Waals surface area (Å²) in [5.41, 5.74) is 5.98. The van der Waals surface area contributed by atoms with E-state index in [1.807, 2.05) is 0 Å². The number of rotatable bonds is 4. The SMILES string of the molecule is N=P(N)(OC12CCC(CC1)C2)OC12CCC(CC1)C2. The molecule has 0 heterocycles. The Morgan fingerprint density at radius 2 is 1.21 bits per heavy atom. The number of nitrogens with two attached hydrogens (primary N) is 1. The van der Waals surface area contributed by atoms with Gasteiger partial charge in [-0.3, -0.25) is 10.7 Å². The molecule has 0 amide bonds. The molecule has 4 aliphatic rings. The topological polar surface area (TPSA) is 68.3 Å². The molecule has 4 saturated carbocycles. The Hall–Kier alpha value is 0.110. The van der Waals surface area contributed by atoms with E-state index in [1.54, 1.807) is 0 Å². The lowest BCUT2D eigenvalue weighted by Gasteiger charge is -2.36. The van der Waals surface area contributed by atoms with Gasteiger partial charge >= 0.3 is 0 Å². The molecule has 4 nitrogen and oxygen atoms in total. The van der Waals surface area contributed by atoms with Crippen molar-refractivity contribution in [1.82, 2.24) is 0 Å². The average Bonchev–Trinajstić information content (AvgIpc) is 3.05. The number of nitrogens with one attached hydrogen (secondary N) is 1. The highest BCUT2D eigenvalue weighted by Gasteiger charge is 2.52. The summed E-state index contributed by atoms with van der Waals surface area (Å²) in [5, 5.41) is 8.39. The van der Waals surface area contributed by atoms with Crippen LogP contribution in [-0.4, -0.2) is 11.2 Å². The van der Waals surface area contributed by atoms with Gasteiger partial charge in [0.1, 0.15) is 0 Å². The molecule has 0 radical (unpaired) electrons. The van der Waals surface area contributed by atoms with Crippen LogP contribution in [0.5, 0.6) is 0 Å². The molecule has 3 N–H and O–H groups in total. The Kier molecular flexibility index (Phi) is 2.74. The lowest BCUT2D eigenvalue weighted by Crippen LogP contribution is -2.32. The zero-order valence-electron chi connectivity index (χ0n) is 11.6. The van der Waals surface area contributed by atoms with Gasteiger partial charge in [-0.25, -0.2) is 0 Å². The summed E-state index contributed by atoms with van der Waals surface area (Å²) in [5.74, 6) is 1.64. The van der Waals surface area contributed by atoms with Crippen molar-refractivity contribution in [3.05, 3.63) is 0 Å². The summed E-state index contributed by atoms with van der Waals surface area (Å²) in [7, 11) is -2.90. The van der Waals surface area contributed by atoms with Crippen LogP contribution in [0, 0.1) is 17.0 Å². The third-order valence-corrected chi connectivity index (χ3v) is 7.33. The second-order valence-corrected chi connectivity index (χ2v) is 9.00. The van der Waals surface area contributed by atoms with Crippen LogP contribution in [0.25, 0.3) is 0 Å². The van der Waals surface area contributed by atoms with Crippen LogP contribution in [0.3, 0.4) is 0 Å². The summed E-state index contributed by atoms with van der Waals surface area (Å²) >= 11 is 0. The highest BCUT2D eigenvalue weighted by molar-refractivity contribution is 7.52. The van der Waals surface area contributed by atoms with Gasteiger partial charge in [0, 0.05) is 0 Å². The molecule has 0 aromatic carbocycles. The predicted octanol–water partition coefficient (Wildman–Crippen LogP) is 4.17. The van der Waals surface area contributed by atoms with Crippen molar-refractivity contribution < 1.29 is 9.05 Å². The fraction of sp³-hybridized carbons (Fsp3) is 1.00. The maximum Gasteiger partial charge on any atom is 0.283 e. The highest BCUT2D eigenvalue weighted by atomic mass is 31.2. The van der Waals surface area contributed by atoms with Gasteiger partial charge in [-0.05, 0) is 76.0 Å². The Labute approximate surface area is 115 Å². The fourth-order valence-corrected chi connectivity index (χ4v) is 6.83. The number of hydrogen-bond donors (Lipinski definition) is 2. The predicted molar refractivity (Wildman–Crippen MR) is 74.6 cm³/mol. The minimum Gasteiger partial charge on any atom is -0.306 e. The Bertz CT molecular complexity index is 387. The third kappa shape index (κ3) is 2.21. The molecule has 108 valence electrons. The lowest BCUT2D eigenvalue weighted by atomic mass is 9.98. The van der Waals surface area contributed by atoms with E-state index >= 15 is 0 Å². The molecule has 0 saturated heterocycles. The average molecular weight is 284 g/mol. The van der Waals surface area contributed by atoms with Gasteiger partial charge in [-0.15, -0.1) is 0 Å². The Morgan fingerprint density at radius 1 is 0.842 bits per heavy atom. The zero-order chi connectivity index (χ0) is 13.1. The number of fused-ring (bicyclic) bond motifs is 4. The summed E-state index contributed by atoms with van der Waals surface area (Å²) in [6, 6.07) is 0. The van der Waals surface area contributed by atoms with Crippen LogP contribution in [0.15, 0.2) is 0 Å². The van der Waals surface area contributed by atoms with Crippen molar-refractivity contribution in [2.45, 2.75) is 75.4 Å². The van der Waals surface area contributed by atoms with E-state index in [9.17, 15) is 0 Å². The molecule has 0 aromatic heterocycles. The second-order valence-electron chi connectivity index (χ2n) is 7.44. The first-order valence-electron chi connectivity index (χ1n) is 7.83. The first-order valence-corrected chi connectivity index (χ1v) is 9.52. The lowest BCUT2D eigenvalue weighted by molar-refractivity contribution is 0.0209. The molecular formula is C14H25N2O2P. The van der Waals surface area contributed by atoms with Crippen LogP contribution < -0.4 is 5.50 Å². The summed E-state index contributed by atoms with van der Waals surface area (Å²) < 4.78 is 12.2. The standard InChI is InChI=1S/C14H25N2O2P/c15-19(16,17-13-5-1-11(9-13)2-6-13)18-14-7-3-12(10-14)4-8-14/h11-12H,1-10H2,(H3,15,16). The summed E-state index contributed by atoms with van der Waals surface area (Å²) in [6.07, 6.45) is 11.6. The van der Waals surface area contributed by atoms with Gasteiger partial charge in [0.25, 0.3) is 7.66 Å². The molecule has 19 heavy (non-hydrogen) atoms. The molecule has 4 rings (SSSR count). The van der Waals surface area contributed by atoms with Gasteiger partial charge in [-0.2, -0.15) is 0 Å². The van der Waals surface area contributed by atoms with Crippen LogP contribution in [0.2, 0.25) is 0 Å². The first kappa shape index (κ1) is 12.8. The van der Waals surface area contributed by atoms with Crippen molar-refractivity contribution in [1.29, 1.82) is 5.16 Å². The van der Waals surface area contributed by atoms with Gasteiger partial charge in [0.2, 0.25) is 0 Å². The molecule has 4 bridgehead atoms. The van der Waals surface area contributed by atoms with Crippen LogP contribution in [-0.2, 0) is 9.05 Å². The molecule has 4 aliphatic carbocycles. The van der Waals surface area contributed by atoms with E-state index in [4.69, 9.17) is 19.7 Å². The fourth-order valence-electron chi connectivity index (χ4n) is 5.13. The molecular weight excluding hydrogens is 259 g/mol. The van der Waals surface area contributed by atoms with Gasteiger partial charge in [0.15, 0.2) is 0 Å². The van der Waals surface area contributed by atoms with E-state index in [0.717, 1.165) is 50.4 Å². The van der Waals surface area contributed by atoms with Crippen LogP contribution in [0.1, 0.15) is 64.2 Å². The minimum atomic E-state index is -2.90. The molecule has 0 unspecified atom stereocenters. The van der Waals surface area contributed by atoms with Crippen LogP contribution in [0.4, 0.5) is 0 Å². The smallest absolute Gasteiger partial charge is 0.283 e. The van der Waals surface area contributed by atoms with Crippen molar-refractivity contribution in [2.24, 2.45) is 17.3 Å². The van der Waals surface area contributed by atoms with Crippen molar-refractivity contribution in [3.8, 4) is 0 Å². The largest absolute Gasteiger partial charge is 0.306 e. The van der Waals surface area contributed by atoms with E-state index in [-0.39, 0.29) is 11.2 Å². The van der Waals surface area contributed by atoms with Crippen molar-refractivity contribution in [3.63, 3.8) is 0 Å². The van der Waals surface area contributed by atoms with Gasteiger partial charge < -0.3 is 9.05 Å². The van der Waals surface area contributed by atoms with E-state index in [0.29, 0.717) is 0 Å². The van der Waals surface area contributed by atoms with Gasteiger partial charge in [-0.1, -0.05) is 0 Å². The van der Waals surface area contributed by atoms with E-state index < -0.39 is 7.66 Å². The Morgan fingerprint density at radius 3 is 1.47 bits per heavy atom. The Balaban J connectivity index is 1.46. The quantitative estimate of drug-likeness (QED) is 0.761. The molecule has 0 atom stereocenters. The summed E-state index contributed by atoms with van der Waals surface area (Å²) in [4.78, 5) is 0. The first-order chi connectivity index (χ1) is 8.99. The maximum absolute atomic E-state index is 8.39. The highest BCUT2D eigenvalue weighted by Crippen LogP contribution is 2.62. The molecule has 0 aliphatic heterocycles. The molecule has 0 spiro atoms. The molecule has 4 fully saturated rings. The maximum atomic E-state index is 8.39.